The predicted octanol–water partition coefficient (Wildman–Crippen LogP) is 4.80. The molecule has 2 aromatic rings. The fraction of sp³-hybridized carbons (Fsp3) is 0.300. The minimum Gasteiger partial charge on any atom is -0.490 e. The summed E-state index contributed by atoms with van der Waals surface area (Å²) in [5, 5.41) is 13.7. The lowest BCUT2D eigenvalue weighted by molar-refractivity contribution is -0.129. The lowest BCUT2D eigenvalue weighted by Crippen LogP contribution is -2.17. The molecular weight excluding hydrogens is 405 g/mol. The Kier molecular flexibility index (Phi) is 6.65. The summed E-state index contributed by atoms with van der Waals surface area (Å²) >= 11 is 12.6. The third-order valence-electron chi connectivity index (χ3n) is 4.18. The van der Waals surface area contributed by atoms with Gasteiger partial charge < -0.3 is 19.4 Å². The summed E-state index contributed by atoms with van der Waals surface area (Å²) in [6, 6.07) is 10.1. The lowest BCUT2D eigenvalue weighted by atomic mass is 10.0. The zero-order valence-electron chi connectivity index (χ0n) is 15.2. The zero-order valence-corrected chi connectivity index (χ0v) is 16.7. The molecule has 0 amide bonds. The number of carbonyl (C=O) groups is 1. The van der Waals surface area contributed by atoms with Crippen molar-refractivity contribution >= 4 is 34.9 Å². The van der Waals surface area contributed by atoms with Gasteiger partial charge >= 0.3 is 5.97 Å². The van der Waals surface area contributed by atoms with E-state index >= 15 is 0 Å². The van der Waals surface area contributed by atoms with Crippen molar-refractivity contribution in [2.45, 2.75) is 19.4 Å². The molecule has 1 saturated carbocycles. The topological polar surface area (TPSA) is 77.4 Å². The number of ether oxygens (including phenoxy) is 2. The molecule has 0 unspecified atom stereocenters. The molecule has 0 atom stereocenters. The number of rotatable bonds is 9. The average Bonchev–Trinajstić information content (AvgIpc) is 3.48. The summed E-state index contributed by atoms with van der Waals surface area (Å²) in [5.74, 6) is 0.279. The Morgan fingerprint density at radius 1 is 1.18 bits per heavy atom. The molecule has 0 heterocycles. The molecule has 2 aromatic carbocycles. The Morgan fingerprint density at radius 2 is 1.86 bits per heavy atom. The quantitative estimate of drug-likeness (QED) is 0.463. The monoisotopic (exact) mass is 423 g/mol. The van der Waals surface area contributed by atoms with Gasteiger partial charge in [-0.2, -0.15) is 0 Å². The SMILES string of the molecule is CON=C(C(=O)O)c1ccccc1COc1cc(Cl)c(OCC2CC2)c(Cl)c1. The summed E-state index contributed by atoms with van der Waals surface area (Å²) in [7, 11) is 1.29. The van der Waals surface area contributed by atoms with Gasteiger partial charge in [-0.25, -0.2) is 4.79 Å². The number of aliphatic carboxylic acids is 1. The summed E-state index contributed by atoms with van der Waals surface area (Å²) < 4.78 is 11.5. The number of nitrogens with zero attached hydrogens (tertiary/aromatic N) is 1. The Balaban J connectivity index is 1.75. The van der Waals surface area contributed by atoms with Gasteiger partial charge in [0.25, 0.3) is 0 Å². The molecule has 0 bridgehead atoms. The van der Waals surface area contributed by atoms with Crippen LogP contribution in [0.1, 0.15) is 24.0 Å². The van der Waals surface area contributed by atoms with Crippen LogP contribution in [-0.2, 0) is 16.2 Å². The van der Waals surface area contributed by atoms with Crippen LogP contribution in [0.25, 0.3) is 0 Å². The van der Waals surface area contributed by atoms with Crippen LogP contribution in [0.4, 0.5) is 0 Å². The zero-order chi connectivity index (χ0) is 20.1. The van der Waals surface area contributed by atoms with E-state index in [2.05, 4.69) is 9.99 Å². The molecule has 8 heteroatoms. The van der Waals surface area contributed by atoms with Crippen molar-refractivity contribution in [1.29, 1.82) is 0 Å². The highest BCUT2D eigenvalue weighted by molar-refractivity contribution is 6.42. The number of hydrogen-bond acceptors (Lipinski definition) is 5. The summed E-state index contributed by atoms with van der Waals surface area (Å²) in [4.78, 5) is 16.1. The van der Waals surface area contributed by atoms with Crippen molar-refractivity contribution < 1.29 is 24.2 Å². The Labute approximate surface area is 172 Å². The Morgan fingerprint density at radius 3 is 2.46 bits per heavy atom. The second kappa shape index (κ2) is 9.17. The standard InChI is InChI=1S/C20H19Cl2NO5/c1-26-23-18(20(24)25)15-5-3-2-4-13(15)11-27-14-8-16(21)19(17(22)9-14)28-10-12-6-7-12/h2-5,8-9,12H,6-7,10-11H2,1H3,(H,24,25). The van der Waals surface area contributed by atoms with Crippen molar-refractivity contribution in [3.05, 3.63) is 57.6 Å². The highest BCUT2D eigenvalue weighted by Crippen LogP contribution is 2.39. The van der Waals surface area contributed by atoms with E-state index in [1.165, 1.54) is 20.0 Å². The molecular formula is C20H19Cl2NO5. The molecule has 3 rings (SSSR count). The Hall–Kier alpha value is -2.44. The van der Waals surface area contributed by atoms with Crippen LogP contribution in [0, 0.1) is 5.92 Å². The minimum absolute atomic E-state index is 0.0983. The second-order valence-electron chi connectivity index (χ2n) is 6.34. The smallest absolute Gasteiger partial charge is 0.358 e. The van der Waals surface area contributed by atoms with Crippen LogP contribution in [0.2, 0.25) is 10.0 Å². The van der Waals surface area contributed by atoms with Gasteiger partial charge in [-0.05, 0) is 24.3 Å². The van der Waals surface area contributed by atoms with E-state index < -0.39 is 5.97 Å². The van der Waals surface area contributed by atoms with E-state index in [0.29, 0.717) is 45.2 Å². The average molecular weight is 424 g/mol. The Bertz CT molecular complexity index is 873. The van der Waals surface area contributed by atoms with Gasteiger partial charge in [0, 0.05) is 17.7 Å². The summed E-state index contributed by atoms with van der Waals surface area (Å²) in [6.45, 7) is 0.699. The number of hydrogen-bond donors (Lipinski definition) is 1. The molecule has 28 heavy (non-hydrogen) atoms. The highest BCUT2D eigenvalue weighted by atomic mass is 35.5. The first-order valence-corrected chi connectivity index (χ1v) is 9.42. The fourth-order valence-electron chi connectivity index (χ4n) is 2.58. The van der Waals surface area contributed by atoms with E-state index in [1.807, 2.05) is 0 Å². The van der Waals surface area contributed by atoms with E-state index in [4.69, 9.17) is 32.7 Å². The van der Waals surface area contributed by atoms with Crippen molar-refractivity contribution in [1.82, 2.24) is 0 Å². The summed E-state index contributed by atoms with van der Waals surface area (Å²) in [6.07, 6.45) is 2.33. The van der Waals surface area contributed by atoms with Gasteiger partial charge in [0.05, 0.1) is 16.7 Å². The molecule has 0 spiro atoms. The number of carboxylic acids is 1. The number of halogens is 2. The van der Waals surface area contributed by atoms with Crippen molar-refractivity contribution in [3.63, 3.8) is 0 Å². The first-order valence-electron chi connectivity index (χ1n) is 8.67. The summed E-state index contributed by atoms with van der Waals surface area (Å²) in [5.41, 5.74) is 0.821. The predicted molar refractivity (Wildman–Crippen MR) is 107 cm³/mol. The first-order chi connectivity index (χ1) is 13.5. The second-order valence-corrected chi connectivity index (χ2v) is 7.16. The lowest BCUT2D eigenvalue weighted by Gasteiger charge is -2.14. The molecule has 1 N–H and O–H groups in total. The first kappa shape index (κ1) is 20.3. The van der Waals surface area contributed by atoms with Crippen LogP contribution >= 0.6 is 23.2 Å². The molecule has 1 fully saturated rings. The van der Waals surface area contributed by atoms with Crippen LogP contribution in [0.3, 0.4) is 0 Å². The van der Waals surface area contributed by atoms with Gasteiger partial charge in [-0.1, -0.05) is 52.6 Å². The van der Waals surface area contributed by atoms with E-state index in [-0.39, 0.29) is 12.3 Å². The van der Waals surface area contributed by atoms with Crippen molar-refractivity contribution in [3.8, 4) is 11.5 Å². The molecule has 1 aliphatic rings. The molecule has 0 aliphatic heterocycles. The molecule has 6 nitrogen and oxygen atoms in total. The third kappa shape index (κ3) is 5.09. The van der Waals surface area contributed by atoms with E-state index in [9.17, 15) is 9.90 Å². The van der Waals surface area contributed by atoms with E-state index in [1.54, 1.807) is 36.4 Å². The molecule has 148 valence electrons. The number of oxime groups is 1. The number of benzene rings is 2. The van der Waals surface area contributed by atoms with Gasteiger partial charge in [0.2, 0.25) is 0 Å². The van der Waals surface area contributed by atoms with E-state index in [0.717, 1.165) is 0 Å². The maximum absolute atomic E-state index is 11.5. The van der Waals surface area contributed by atoms with Crippen LogP contribution in [0.15, 0.2) is 41.6 Å². The molecule has 0 aromatic heterocycles. The maximum Gasteiger partial charge on any atom is 0.358 e. The van der Waals surface area contributed by atoms with Gasteiger partial charge in [0.1, 0.15) is 19.5 Å². The highest BCUT2D eigenvalue weighted by Gasteiger charge is 2.23. The van der Waals surface area contributed by atoms with Gasteiger partial charge in [-0.3, -0.25) is 0 Å². The maximum atomic E-state index is 11.5. The van der Waals surface area contributed by atoms with Gasteiger partial charge in [-0.15, -0.1) is 0 Å². The normalized spacial score (nSPS) is 13.9. The van der Waals surface area contributed by atoms with Crippen molar-refractivity contribution in [2.75, 3.05) is 13.7 Å². The van der Waals surface area contributed by atoms with Crippen LogP contribution < -0.4 is 9.47 Å². The van der Waals surface area contributed by atoms with Gasteiger partial charge in [0.15, 0.2) is 11.5 Å². The van der Waals surface area contributed by atoms with Crippen molar-refractivity contribution in [2.24, 2.45) is 11.1 Å². The number of carboxylic acid groups (broad SMARTS) is 1. The van der Waals surface area contributed by atoms with Crippen LogP contribution in [0.5, 0.6) is 11.5 Å². The molecule has 0 radical (unpaired) electrons. The van der Waals surface area contributed by atoms with Crippen LogP contribution in [-0.4, -0.2) is 30.5 Å². The molecule has 0 saturated heterocycles. The fourth-order valence-corrected chi connectivity index (χ4v) is 3.15. The third-order valence-corrected chi connectivity index (χ3v) is 4.75. The molecule has 1 aliphatic carbocycles. The minimum atomic E-state index is -1.20. The largest absolute Gasteiger partial charge is 0.490 e.